The van der Waals surface area contributed by atoms with E-state index in [1.807, 2.05) is 75.4 Å². The van der Waals surface area contributed by atoms with E-state index in [2.05, 4.69) is 32.7 Å². The number of anilines is 4. The highest BCUT2D eigenvalue weighted by molar-refractivity contribution is 6.00. The fraction of sp³-hybridized carbons (Fsp3) is 0.367. The number of aromatic nitrogens is 4. The number of nitrogens with one attached hydrogen (secondary N) is 3. The maximum atomic E-state index is 13.1. The summed E-state index contributed by atoms with van der Waals surface area (Å²) in [6.45, 7) is 8.17. The van der Waals surface area contributed by atoms with Gasteiger partial charge in [-0.3, -0.25) is 14.8 Å². The molecular formula is C30H36N8O3. The molecule has 41 heavy (non-hydrogen) atoms. The molecule has 0 radical (unpaired) electrons. The molecule has 4 N–H and O–H groups in total. The average Bonchev–Trinajstić information content (AvgIpc) is 3.35. The summed E-state index contributed by atoms with van der Waals surface area (Å²) in [5.41, 5.74) is 2.34. The molecule has 4 aromatic rings. The van der Waals surface area contributed by atoms with Gasteiger partial charge < -0.3 is 20.6 Å². The number of piperidine rings is 1. The Morgan fingerprint density at radius 2 is 1.83 bits per heavy atom. The number of para-hydroxylation sites is 1. The molecule has 0 saturated carbocycles. The van der Waals surface area contributed by atoms with Gasteiger partial charge in [0.1, 0.15) is 5.82 Å². The van der Waals surface area contributed by atoms with Gasteiger partial charge in [-0.1, -0.05) is 24.3 Å². The van der Waals surface area contributed by atoms with Crippen molar-refractivity contribution >= 4 is 46.2 Å². The smallest absolute Gasteiger partial charge is 0.413 e. The van der Waals surface area contributed by atoms with E-state index in [1.54, 1.807) is 7.05 Å². The third kappa shape index (κ3) is 5.79. The second-order valence-electron chi connectivity index (χ2n) is 11.4. The van der Waals surface area contributed by atoms with Gasteiger partial charge >= 0.3 is 6.09 Å². The summed E-state index contributed by atoms with van der Waals surface area (Å²) < 4.78 is 0. The number of carbonyl (C=O) groups excluding carboxylic acids is 1. The Hall–Kier alpha value is -4.67. The molecule has 1 aliphatic heterocycles. The third-order valence-electron chi connectivity index (χ3n) is 7.44. The number of amides is 2. The number of nitrogens with zero attached hydrogens (tertiary/aromatic N) is 5. The first-order valence-electron chi connectivity index (χ1n) is 13.8. The van der Waals surface area contributed by atoms with Gasteiger partial charge in [-0.15, -0.1) is 0 Å². The Balaban J connectivity index is 1.45. The highest BCUT2D eigenvalue weighted by atomic mass is 16.4. The Labute approximate surface area is 239 Å². The van der Waals surface area contributed by atoms with Crippen LogP contribution in [0.4, 0.5) is 28.1 Å². The fourth-order valence-electron chi connectivity index (χ4n) is 5.28. The Bertz CT molecular complexity index is 1560. The number of fused-ring (bicyclic) bond motifs is 1. The van der Waals surface area contributed by atoms with Gasteiger partial charge in [0.05, 0.1) is 17.1 Å². The van der Waals surface area contributed by atoms with Crippen LogP contribution in [0.1, 0.15) is 40.5 Å². The van der Waals surface area contributed by atoms with Crippen molar-refractivity contribution in [3.8, 4) is 11.3 Å². The summed E-state index contributed by atoms with van der Waals surface area (Å²) in [6, 6.07) is 17.3. The molecular weight excluding hydrogens is 520 g/mol. The highest BCUT2D eigenvalue weighted by Crippen LogP contribution is 2.34. The molecule has 2 atom stereocenters. The molecule has 2 aromatic heterocycles. The molecule has 0 aliphatic carbocycles. The third-order valence-corrected chi connectivity index (χ3v) is 7.44. The molecule has 1 fully saturated rings. The van der Waals surface area contributed by atoms with E-state index in [0.29, 0.717) is 34.9 Å². The lowest BCUT2D eigenvalue weighted by Crippen LogP contribution is -2.46. The summed E-state index contributed by atoms with van der Waals surface area (Å²) >= 11 is 0. The molecule has 11 heteroatoms. The van der Waals surface area contributed by atoms with E-state index in [0.717, 1.165) is 29.9 Å². The number of carboxylic acid groups (broad SMARTS) is 1. The van der Waals surface area contributed by atoms with Crippen LogP contribution in [-0.2, 0) is 4.79 Å². The van der Waals surface area contributed by atoms with Gasteiger partial charge in [-0.05, 0) is 64.8 Å². The van der Waals surface area contributed by atoms with E-state index in [-0.39, 0.29) is 17.9 Å². The molecule has 11 nitrogen and oxygen atoms in total. The van der Waals surface area contributed by atoms with E-state index in [1.165, 1.54) is 4.90 Å². The number of aromatic amines is 1. The lowest BCUT2D eigenvalue weighted by molar-refractivity contribution is -0.120. The Morgan fingerprint density at radius 1 is 1.07 bits per heavy atom. The van der Waals surface area contributed by atoms with Crippen LogP contribution in [0.2, 0.25) is 0 Å². The van der Waals surface area contributed by atoms with Crippen molar-refractivity contribution in [2.24, 2.45) is 5.92 Å². The zero-order chi connectivity index (χ0) is 29.3. The monoisotopic (exact) mass is 556 g/mol. The second kappa shape index (κ2) is 11.1. The number of hydrogen-bond acceptors (Lipinski definition) is 7. The molecule has 214 valence electrons. The zero-order valence-electron chi connectivity index (χ0n) is 24.0. The number of carbonyl (C=O) groups is 2. The molecule has 0 unspecified atom stereocenters. The largest absolute Gasteiger partial charge is 0.465 e. The first-order valence-corrected chi connectivity index (χ1v) is 13.8. The Morgan fingerprint density at radius 3 is 2.51 bits per heavy atom. The predicted octanol–water partition coefficient (Wildman–Crippen LogP) is 5.59. The molecule has 0 bridgehead atoms. The molecule has 2 aromatic carbocycles. The summed E-state index contributed by atoms with van der Waals surface area (Å²) in [5.74, 6) is 1.38. The molecule has 2 amide bonds. The van der Waals surface area contributed by atoms with Gasteiger partial charge in [0, 0.05) is 47.9 Å². The van der Waals surface area contributed by atoms with Crippen LogP contribution in [0.25, 0.3) is 22.2 Å². The lowest BCUT2D eigenvalue weighted by Gasteiger charge is -2.38. The van der Waals surface area contributed by atoms with E-state index >= 15 is 0 Å². The Kier molecular flexibility index (Phi) is 7.53. The maximum absolute atomic E-state index is 13.1. The first kappa shape index (κ1) is 27.9. The number of benzene rings is 2. The maximum Gasteiger partial charge on any atom is 0.413 e. The number of H-pyrrole nitrogens is 1. The predicted molar refractivity (Wildman–Crippen MR) is 162 cm³/mol. The lowest BCUT2D eigenvalue weighted by atomic mass is 9.92. The van der Waals surface area contributed by atoms with Crippen LogP contribution in [0.5, 0.6) is 0 Å². The minimum absolute atomic E-state index is 0.00221. The fourth-order valence-corrected chi connectivity index (χ4v) is 5.28. The molecule has 1 saturated heterocycles. The molecule has 3 heterocycles. The second-order valence-corrected chi connectivity index (χ2v) is 11.4. The topological polar surface area (TPSA) is 139 Å². The first-order chi connectivity index (χ1) is 19.5. The van der Waals surface area contributed by atoms with Crippen molar-refractivity contribution in [1.29, 1.82) is 0 Å². The van der Waals surface area contributed by atoms with Gasteiger partial charge in [0.15, 0.2) is 5.82 Å². The van der Waals surface area contributed by atoms with E-state index < -0.39 is 11.6 Å². The average molecular weight is 557 g/mol. The van der Waals surface area contributed by atoms with Gasteiger partial charge in [0.25, 0.3) is 0 Å². The van der Waals surface area contributed by atoms with Gasteiger partial charge in [-0.25, -0.2) is 9.78 Å². The van der Waals surface area contributed by atoms with Crippen LogP contribution in [0.3, 0.4) is 0 Å². The summed E-state index contributed by atoms with van der Waals surface area (Å²) in [6.07, 6.45) is 0.589. The van der Waals surface area contributed by atoms with Crippen molar-refractivity contribution in [3.05, 3.63) is 54.6 Å². The highest BCUT2D eigenvalue weighted by Gasteiger charge is 2.33. The minimum atomic E-state index is -1.07. The molecule has 0 spiro atoms. The van der Waals surface area contributed by atoms with Gasteiger partial charge in [0.2, 0.25) is 11.9 Å². The quantitative estimate of drug-likeness (QED) is 0.241. The van der Waals surface area contributed by atoms with Gasteiger partial charge in [-0.2, -0.15) is 10.1 Å². The SMILES string of the molecule is CNc1nc(-c2ccc3c(N(C(=O)O)C(C)(C)C)n[nH]c3c2)cc(N2C[C@@H](C(=O)Nc3ccccc3)CC[C@H]2C)n1. The van der Waals surface area contributed by atoms with Crippen LogP contribution in [0, 0.1) is 5.92 Å². The van der Waals surface area contributed by atoms with Crippen molar-refractivity contribution in [3.63, 3.8) is 0 Å². The van der Waals surface area contributed by atoms with Crippen LogP contribution in [0.15, 0.2) is 54.6 Å². The summed E-state index contributed by atoms with van der Waals surface area (Å²) in [7, 11) is 1.77. The van der Waals surface area contributed by atoms with Crippen molar-refractivity contribution in [2.45, 2.75) is 52.1 Å². The molecule has 1 aliphatic rings. The summed E-state index contributed by atoms with van der Waals surface area (Å²) in [4.78, 5) is 38.0. The number of hydrogen-bond donors (Lipinski definition) is 4. The zero-order valence-corrected chi connectivity index (χ0v) is 24.0. The minimum Gasteiger partial charge on any atom is -0.465 e. The summed E-state index contributed by atoms with van der Waals surface area (Å²) in [5, 5.41) is 24.0. The van der Waals surface area contributed by atoms with E-state index in [9.17, 15) is 14.7 Å². The van der Waals surface area contributed by atoms with E-state index in [4.69, 9.17) is 9.97 Å². The van der Waals surface area contributed by atoms with Crippen molar-refractivity contribution in [2.75, 3.05) is 34.0 Å². The van der Waals surface area contributed by atoms with Crippen molar-refractivity contribution < 1.29 is 14.7 Å². The van der Waals surface area contributed by atoms with Crippen LogP contribution in [-0.4, -0.2) is 62.4 Å². The number of rotatable bonds is 6. The molecule has 5 rings (SSSR count). The van der Waals surface area contributed by atoms with Crippen LogP contribution >= 0.6 is 0 Å². The standard InChI is InChI=1S/C30H36N8O3/c1-18-11-12-20(27(39)32-21-9-7-6-8-10-21)17-37(18)25-16-23(33-28(31-5)34-25)19-13-14-22-24(15-19)35-36-26(22)38(29(40)41)30(2,3)4/h6-10,13-16,18,20H,11-12,17H2,1-5H3,(H,32,39)(H,35,36)(H,40,41)(H,31,33,34)/t18-,20+/m1/s1. The van der Waals surface area contributed by atoms with Crippen molar-refractivity contribution in [1.82, 2.24) is 20.2 Å². The van der Waals surface area contributed by atoms with Crippen LogP contribution < -0.4 is 20.4 Å². The normalized spacial score (nSPS) is 17.3.